The minimum Gasteiger partial charge on any atom is -0.395 e. The molecule has 1 saturated heterocycles. The number of fused-ring (bicyclic) bond motifs is 1. The molecule has 0 bridgehead atoms. The third-order valence-corrected chi connectivity index (χ3v) is 2.70. The van der Waals surface area contributed by atoms with Gasteiger partial charge in [0.2, 0.25) is 0 Å². The number of hydrogen-bond acceptors (Lipinski definition) is 3. The third kappa shape index (κ3) is 1.13. The topological polar surface area (TPSA) is 30.8 Å². The molecular formula is C11H11NO2. The quantitative estimate of drug-likeness (QED) is 0.674. The van der Waals surface area contributed by atoms with E-state index in [0.717, 1.165) is 12.3 Å². The summed E-state index contributed by atoms with van der Waals surface area (Å²) in [7, 11) is 0. The van der Waals surface area contributed by atoms with Crippen LogP contribution in [0, 0.1) is 5.92 Å². The van der Waals surface area contributed by atoms with Gasteiger partial charge in [-0.3, -0.25) is 0 Å². The standard InChI is InChI=1S/C11H11NO2/c1-2-4-8(5-3-1)11-10-9(6-13-11)7-14-12-10/h1-5,9,11H,6-7H2/t9-,11+/m1/s1. The summed E-state index contributed by atoms with van der Waals surface area (Å²) in [6, 6.07) is 10.2. The Morgan fingerprint density at radius 2 is 2.00 bits per heavy atom. The lowest BCUT2D eigenvalue weighted by atomic mass is 9.99. The van der Waals surface area contributed by atoms with E-state index in [1.807, 2.05) is 18.2 Å². The first-order valence-electron chi connectivity index (χ1n) is 4.81. The van der Waals surface area contributed by atoms with Crippen LogP contribution >= 0.6 is 0 Å². The molecule has 2 atom stereocenters. The van der Waals surface area contributed by atoms with Gasteiger partial charge in [-0.15, -0.1) is 0 Å². The van der Waals surface area contributed by atoms with Crippen molar-refractivity contribution in [3.8, 4) is 0 Å². The lowest BCUT2D eigenvalue weighted by Gasteiger charge is -2.08. The molecule has 0 aliphatic carbocycles. The Morgan fingerprint density at radius 1 is 1.14 bits per heavy atom. The SMILES string of the molecule is c1ccc([C@@H]2OC[C@@H]3CON=C32)cc1. The normalized spacial score (nSPS) is 29.6. The van der Waals surface area contributed by atoms with E-state index in [0.29, 0.717) is 12.5 Å². The highest BCUT2D eigenvalue weighted by molar-refractivity contribution is 5.93. The fourth-order valence-electron chi connectivity index (χ4n) is 1.95. The molecule has 1 aromatic carbocycles. The number of hydrogen-bond donors (Lipinski definition) is 0. The molecule has 0 N–H and O–H groups in total. The molecular weight excluding hydrogens is 178 g/mol. The number of nitrogens with zero attached hydrogens (tertiary/aromatic N) is 1. The molecule has 2 heterocycles. The maximum atomic E-state index is 5.70. The van der Waals surface area contributed by atoms with Gasteiger partial charge in [0.15, 0.2) is 0 Å². The van der Waals surface area contributed by atoms with Crippen LogP contribution in [0.5, 0.6) is 0 Å². The summed E-state index contributed by atoms with van der Waals surface area (Å²) >= 11 is 0. The van der Waals surface area contributed by atoms with Crippen LogP contribution in [0.2, 0.25) is 0 Å². The van der Waals surface area contributed by atoms with Crippen molar-refractivity contribution in [3.05, 3.63) is 35.9 Å². The average molecular weight is 189 g/mol. The van der Waals surface area contributed by atoms with Crippen LogP contribution in [0.1, 0.15) is 11.7 Å². The van der Waals surface area contributed by atoms with Crippen molar-refractivity contribution in [2.24, 2.45) is 11.1 Å². The van der Waals surface area contributed by atoms with Crippen LogP contribution in [0.25, 0.3) is 0 Å². The van der Waals surface area contributed by atoms with Crippen LogP contribution in [0.15, 0.2) is 35.5 Å². The molecule has 3 nitrogen and oxygen atoms in total. The number of oxime groups is 1. The second kappa shape index (κ2) is 3.10. The molecule has 1 aromatic rings. The Hall–Kier alpha value is -1.35. The maximum absolute atomic E-state index is 5.70. The van der Waals surface area contributed by atoms with Crippen molar-refractivity contribution in [2.45, 2.75) is 6.10 Å². The highest BCUT2D eigenvalue weighted by Gasteiger charge is 2.38. The Morgan fingerprint density at radius 3 is 2.86 bits per heavy atom. The molecule has 2 aliphatic rings. The van der Waals surface area contributed by atoms with Gasteiger partial charge in [-0.1, -0.05) is 35.5 Å². The first-order chi connectivity index (χ1) is 6.95. The van der Waals surface area contributed by atoms with Gasteiger partial charge in [0.05, 0.1) is 18.2 Å². The van der Waals surface area contributed by atoms with Crippen molar-refractivity contribution in [1.29, 1.82) is 0 Å². The Kier molecular flexibility index (Phi) is 1.77. The molecule has 0 amide bonds. The van der Waals surface area contributed by atoms with E-state index in [4.69, 9.17) is 9.57 Å². The fourth-order valence-corrected chi connectivity index (χ4v) is 1.95. The molecule has 1 fully saturated rings. The average Bonchev–Trinajstić information content (AvgIpc) is 2.79. The van der Waals surface area contributed by atoms with Crippen molar-refractivity contribution in [3.63, 3.8) is 0 Å². The summed E-state index contributed by atoms with van der Waals surface area (Å²) in [6.07, 6.45) is 0.0173. The molecule has 72 valence electrons. The monoisotopic (exact) mass is 189 g/mol. The minimum absolute atomic E-state index is 0.0173. The summed E-state index contributed by atoms with van der Waals surface area (Å²) in [5.41, 5.74) is 2.22. The predicted octanol–water partition coefficient (Wildman–Crippen LogP) is 1.76. The summed E-state index contributed by atoms with van der Waals surface area (Å²) in [6.45, 7) is 1.41. The van der Waals surface area contributed by atoms with Crippen LogP contribution in [0.4, 0.5) is 0 Å². The van der Waals surface area contributed by atoms with Gasteiger partial charge in [-0.2, -0.15) is 0 Å². The molecule has 0 radical (unpaired) electrons. The van der Waals surface area contributed by atoms with Crippen molar-refractivity contribution in [2.75, 3.05) is 13.2 Å². The van der Waals surface area contributed by atoms with Gasteiger partial charge < -0.3 is 9.57 Å². The number of rotatable bonds is 1. The molecule has 3 rings (SSSR count). The lowest BCUT2D eigenvalue weighted by Crippen LogP contribution is -2.11. The summed E-state index contributed by atoms with van der Waals surface area (Å²) in [5, 5.41) is 4.05. The van der Waals surface area contributed by atoms with Gasteiger partial charge in [-0.25, -0.2) is 0 Å². The van der Waals surface area contributed by atoms with Crippen LogP contribution < -0.4 is 0 Å². The lowest BCUT2D eigenvalue weighted by molar-refractivity contribution is 0.0792. The van der Waals surface area contributed by atoms with E-state index in [1.54, 1.807) is 0 Å². The maximum Gasteiger partial charge on any atom is 0.127 e. The summed E-state index contributed by atoms with van der Waals surface area (Å²) in [5.74, 6) is 0.375. The zero-order valence-electron chi connectivity index (χ0n) is 7.72. The van der Waals surface area contributed by atoms with E-state index in [-0.39, 0.29) is 6.10 Å². The van der Waals surface area contributed by atoms with E-state index in [9.17, 15) is 0 Å². The van der Waals surface area contributed by atoms with Crippen molar-refractivity contribution in [1.82, 2.24) is 0 Å². The van der Waals surface area contributed by atoms with Gasteiger partial charge in [0, 0.05) is 0 Å². The highest BCUT2D eigenvalue weighted by atomic mass is 16.6. The van der Waals surface area contributed by atoms with E-state index in [1.165, 1.54) is 5.56 Å². The molecule has 0 aromatic heterocycles. The summed E-state index contributed by atoms with van der Waals surface area (Å²) < 4.78 is 5.70. The zero-order valence-corrected chi connectivity index (χ0v) is 7.72. The Balaban J connectivity index is 1.93. The fraction of sp³-hybridized carbons (Fsp3) is 0.364. The molecule has 3 heteroatoms. The molecule has 2 aliphatic heterocycles. The van der Waals surface area contributed by atoms with Crippen molar-refractivity contribution < 1.29 is 9.57 Å². The minimum atomic E-state index is 0.0173. The first kappa shape index (κ1) is 8.00. The molecule has 14 heavy (non-hydrogen) atoms. The van der Waals surface area contributed by atoms with E-state index >= 15 is 0 Å². The van der Waals surface area contributed by atoms with Crippen LogP contribution in [-0.4, -0.2) is 18.9 Å². The number of ether oxygens (including phenoxy) is 1. The second-order valence-electron chi connectivity index (χ2n) is 3.63. The molecule has 0 saturated carbocycles. The summed E-state index contributed by atoms with van der Waals surface area (Å²) in [4.78, 5) is 5.07. The van der Waals surface area contributed by atoms with E-state index in [2.05, 4.69) is 17.3 Å². The second-order valence-corrected chi connectivity index (χ2v) is 3.63. The Labute approximate surface area is 82.3 Å². The van der Waals surface area contributed by atoms with Crippen LogP contribution in [-0.2, 0) is 9.57 Å². The van der Waals surface area contributed by atoms with Crippen LogP contribution in [0.3, 0.4) is 0 Å². The largest absolute Gasteiger partial charge is 0.395 e. The van der Waals surface area contributed by atoms with Gasteiger partial charge in [0.25, 0.3) is 0 Å². The Bertz CT molecular complexity index is 361. The third-order valence-electron chi connectivity index (χ3n) is 2.70. The van der Waals surface area contributed by atoms with Gasteiger partial charge in [-0.05, 0) is 5.56 Å². The molecule has 0 spiro atoms. The predicted molar refractivity (Wildman–Crippen MR) is 52.0 cm³/mol. The van der Waals surface area contributed by atoms with Gasteiger partial charge in [0.1, 0.15) is 12.7 Å². The first-order valence-corrected chi connectivity index (χ1v) is 4.81. The molecule has 0 unspecified atom stereocenters. The van der Waals surface area contributed by atoms with Gasteiger partial charge >= 0.3 is 0 Å². The number of benzene rings is 1. The highest BCUT2D eigenvalue weighted by Crippen LogP contribution is 2.33. The van der Waals surface area contributed by atoms with E-state index < -0.39 is 0 Å². The zero-order chi connectivity index (χ0) is 9.38. The van der Waals surface area contributed by atoms with Crippen molar-refractivity contribution >= 4 is 5.71 Å². The smallest absolute Gasteiger partial charge is 0.127 e.